The lowest BCUT2D eigenvalue weighted by molar-refractivity contribution is 0.669. The Bertz CT molecular complexity index is 3510. The smallest absolute Gasteiger partial charge is 0.164 e. The second-order valence-corrected chi connectivity index (χ2v) is 15.4. The second-order valence-electron chi connectivity index (χ2n) is 14.3. The van der Waals surface area contributed by atoms with E-state index in [0.717, 1.165) is 44.0 Å². The summed E-state index contributed by atoms with van der Waals surface area (Å²) < 4.78 is 8.58. The Labute approximate surface area is 325 Å². The molecule has 0 saturated carbocycles. The third-order valence-electron chi connectivity index (χ3n) is 11.1. The molecule has 0 N–H and O–H groups in total. The van der Waals surface area contributed by atoms with Gasteiger partial charge in [-0.3, -0.25) is 0 Å². The van der Waals surface area contributed by atoms with Crippen molar-refractivity contribution in [2.75, 3.05) is 0 Å². The topological polar surface area (TPSA) is 51.8 Å². The van der Waals surface area contributed by atoms with Gasteiger partial charge < -0.3 is 4.42 Å². The maximum absolute atomic E-state index is 6.16. The van der Waals surface area contributed by atoms with Crippen LogP contribution in [-0.4, -0.2) is 15.0 Å². The molecular formula is C51H29N3OS. The molecule has 3 heterocycles. The van der Waals surface area contributed by atoms with Gasteiger partial charge in [0.2, 0.25) is 0 Å². The normalized spacial score (nSPS) is 11.9. The lowest BCUT2D eigenvalue weighted by Gasteiger charge is -2.12. The molecule has 260 valence electrons. The fraction of sp³-hybridized carbons (Fsp3) is 0. The van der Waals surface area contributed by atoms with Crippen LogP contribution in [-0.2, 0) is 0 Å². The first-order valence-electron chi connectivity index (χ1n) is 18.8. The molecule has 0 atom stereocenters. The zero-order valence-electron chi connectivity index (χ0n) is 29.9. The highest BCUT2D eigenvalue weighted by Crippen LogP contribution is 2.43. The molecule has 0 spiro atoms. The Morgan fingerprint density at radius 3 is 1.64 bits per heavy atom. The van der Waals surface area contributed by atoms with E-state index < -0.39 is 0 Å². The van der Waals surface area contributed by atoms with Gasteiger partial charge in [0.15, 0.2) is 17.5 Å². The number of hydrogen-bond acceptors (Lipinski definition) is 5. The summed E-state index contributed by atoms with van der Waals surface area (Å²) in [7, 11) is 0. The monoisotopic (exact) mass is 731 g/mol. The van der Waals surface area contributed by atoms with Gasteiger partial charge in [0.05, 0.1) is 0 Å². The Hall–Kier alpha value is -7.21. The first kappa shape index (κ1) is 31.2. The molecule has 3 aromatic heterocycles. The molecule has 0 fully saturated rings. The fourth-order valence-corrected chi connectivity index (χ4v) is 9.60. The molecule has 0 unspecified atom stereocenters. The van der Waals surface area contributed by atoms with Crippen LogP contribution < -0.4 is 0 Å². The minimum absolute atomic E-state index is 0.620. The van der Waals surface area contributed by atoms with Crippen LogP contribution in [0.1, 0.15) is 0 Å². The first-order valence-corrected chi connectivity index (χ1v) is 19.6. The summed E-state index contributed by atoms with van der Waals surface area (Å²) in [6.45, 7) is 0. The third-order valence-corrected chi connectivity index (χ3v) is 12.3. The molecule has 0 saturated heterocycles. The molecule has 0 aliphatic heterocycles. The highest BCUT2D eigenvalue weighted by atomic mass is 32.1. The Kier molecular flexibility index (Phi) is 6.76. The number of benzene rings is 9. The van der Waals surface area contributed by atoms with Gasteiger partial charge in [0.25, 0.3) is 0 Å². The molecule has 0 amide bonds. The summed E-state index contributed by atoms with van der Waals surface area (Å²) in [5.41, 5.74) is 6.89. The summed E-state index contributed by atoms with van der Waals surface area (Å²) >= 11 is 1.80. The van der Waals surface area contributed by atoms with E-state index in [4.69, 9.17) is 19.4 Å². The number of nitrogens with zero attached hydrogens (tertiary/aromatic N) is 3. The van der Waals surface area contributed by atoms with Crippen molar-refractivity contribution in [3.8, 4) is 45.3 Å². The molecule has 9 aromatic carbocycles. The van der Waals surface area contributed by atoms with Crippen molar-refractivity contribution in [1.82, 2.24) is 15.0 Å². The quantitative estimate of drug-likeness (QED) is 0.169. The molecule has 5 heteroatoms. The number of hydrogen-bond donors (Lipinski definition) is 0. The SMILES string of the molecule is c1ccc(-c2nc(-c3ccc4oc5ccccc5c4c3)nc(-c3cccc4sc5ccc(-c6ccc7c8ccccc8c8ccccc8c7c6)cc5c34)n2)cc1. The van der Waals surface area contributed by atoms with Crippen LogP contribution in [0.4, 0.5) is 0 Å². The fourth-order valence-electron chi connectivity index (χ4n) is 8.49. The van der Waals surface area contributed by atoms with E-state index in [1.54, 1.807) is 11.3 Å². The summed E-state index contributed by atoms with van der Waals surface area (Å²) in [6.07, 6.45) is 0. The van der Waals surface area contributed by atoms with Gasteiger partial charge in [0.1, 0.15) is 11.2 Å². The Morgan fingerprint density at radius 1 is 0.321 bits per heavy atom. The number of furan rings is 1. The van der Waals surface area contributed by atoms with Crippen LogP contribution in [0.2, 0.25) is 0 Å². The Balaban J connectivity index is 1.06. The number of rotatable bonds is 4. The van der Waals surface area contributed by atoms with Crippen LogP contribution >= 0.6 is 11.3 Å². The van der Waals surface area contributed by atoms with E-state index in [0.29, 0.717) is 17.5 Å². The molecule has 0 bridgehead atoms. The number of thiophene rings is 1. The molecule has 0 radical (unpaired) electrons. The van der Waals surface area contributed by atoms with Crippen molar-refractivity contribution < 1.29 is 4.42 Å². The largest absolute Gasteiger partial charge is 0.456 e. The number of para-hydroxylation sites is 1. The summed E-state index contributed by atoms with van der Waals surface area (Å²) in [5, 5.41) is 12.1. The van der Waals surface area contributed by atoms with Crippen LogP contribution in [0.15, 0.2) is 180 Å². The Morgan fingerprint density at radius 2 is 0.875 bits per heavy atom. The van der Waals surface area contributed by atoms with E-state index in [9.17, 15) is 0 Å². The van der Waals surface area contributed by atoms with Gasteiger partial charge in [0, 0.05) is 47.6 Å². The van der Waals surface area contributed by atoms with Crippen molar-refractivity contribution >= 4 is 85.8 Å². The zero-order chi connectivity index (χ0) is 36.7. The zero-order valence-corrected chi connectivity index (χ0v) is 30.7. The van der Waals surface area contributed by atoms with Crippen molar-refractivity contribution in [2.24, 2.45) is 0 Å². The lowest BCUT2D eigenvalue weighted by atomic mass is 9.92. The van der Waals surface area contributed by atoms with Gasteiger partial charge in [-0.15, -0.1) is 11.3 Å². The summed E-state index contributed by atoms with van der Waals surface area (Å²) in [4.78, 5) is 15.5. The standard InChI is InChI=1S/C51H29N3OS/c1-2-11-30(12-3-1)49-52-50(33-22-25-45-42(29-33)39-17-8-9-19-44(39)55-45)54-51(53-49)40-18-10-20-47-48(40)43-28-32(23-26-46(43)56-47)31-21-24-38-36-15-5-4-13-34(36)35-14-6-7-16-37(35)41(38)27-31/h1-29H. The van der Waals surface area contributed by atoms with Gasteiger partial charge in [-0.2, -0.15) is 0 Å². The highest BCUT2D eigenvalue weighted by molar-refractivity contribution is 7.26. The molecule has 12 aromatic rings. The van der Waals surface area contributed by atoms with Gasteiger partial charge in [-0.05, 0) is 92.0 Å². The van der Waals surface area contributed by atoms with Crippen molar-refractivity contribution in [1.29, 1.82) is 0 Å². The van der Waals surface area contributed by atoms with E-state index >= 15 is 0 Å². The van der Waals surface area contributed by atoms with Crippen molar-refractivity contribution in [3.63, 3.8) is 0 Å². The number of fused-ring (bicyclic) bond motifs is 12. The molecule has 4 nitrogen and oxygen atoms in total. The minimum Gasteiger partial charge on any atom is -0.456 e. The first-order chi connectivity index (χ1) is 27.7. The third kappa shape index (κ3) is 4.81. The predicted octanol–water partition coefficient (Wildman–Crippen LogP) is 14.3. The van der Waals surface area contributed by atoms with E-state index in [1.807, 2.05) is 48.5 Å². The predicted molar refractivity (Wildman–Crippen MR) is 234 cm³/mol. The highest BCUT2D eigenvalue weighted by Gasteiger charge is 2.19. The average Bonchev–Trinajstić information content (AvgIpc) is 3.84. The molecule has 0 aliphatic rings. The maximum atomic E-state index is 6.16. The van der Waals surface area contributed by atoms with Gasteiger partial charge in [-0.1, -0.05) is 127 Å². The van der Waals surface area contributed by atoms with Gasteiger partial charge in [-0.25, -0.2) is 15.0 Å². The molecular weight excluding hydrogens is 703 g/mol. The van der Waals surface area contributed by atoms with Crippen molar-refractivity contribution in [3.05, 3.63) is 176 Å². The molecule has 0 aliphatic carbocycles. The van der Waals surface area contributed by atoms with Crippen LogP contribution in [0, 0.1) is 0 Å². The summed E-state index contributed by atoms with van der Waals surface area (Å²) in [5.74, 6) is 1.90. The average molecular weight is 732 g/mol. The van der Waals surface area contributed by atoms with E-state index in [2.05, 4.69) is 127 Å². The second kappa shape index (κ2) is 12.2. The number of aromatic nitrogens is 3. The van der Waals surface area contributed by atoms with Crippen LogP contribution in [0.5, 0.6) is 0 Å². The summed E-state index contributed by atoms with van der Waals surface area (Å²) in [6, 6.07) is 62.3. The molecule has 56 heavy (non-hydrogen) atoms. The van der Waals surface area contributed by atoms with Crippen molar-refractivity contribution in [2.45, 2.75) is 0 Å². The van der Waals surface area contributed by atoms with Gasteiger partial charge >= 0.3 is 0 Å². The maximum Gasteiger partial charge on any atom is 0.164 e. The minimum atomic E-state index is 0.620. The van der Waals surface area contributed by atoms with Crippen LogP contribution in [0.25, 0.3) is 120 Å². The van der Waals surface area contributed by atoms with E-state index in [-0.39, 0.29) is 0 Å². The van der Waals surface area contributed by atoms with E-state index in [1.165, 1.54) is 58.2 Å². The lowest BCUT2D eigenvalue weighted by Crippen LogP contribution is -2.00. The van der Waals surface area contributed by atoms with Crippen LogP contribution in [0.3, 0.4) is 0 Å². The molecule has 12 rings (SSSR count).